The second-order valence-electron chi connectivity index (χ2n) is 5.33. The van der Waals surface area contributed by atoms with Crippen LogP contribution in [0.15, 0.2) is 53.4 Å². The predicted molar refractivity (Wildman–Crippen MR) is 87.8 cm³/mol. The molecular weight excluding hydrogens is 262 g/mol. The summed E-state index contributed by atoms with van der Waals surface area (Å²) >= 11 is 0. The van der Waals surface area contributed by atoms with Gasteiger partial charge in [-0.3, -0.25) is 4.79 Å². The number of para-hydroxylation sites is 1. The number of fused-ring (bicyclic) bond motifs is 1. The standard InChI is InChI=1S/C17H21N3O/c1-4-5-8-13(11-12(2)3)16-19-15-10-7-6-9-14(15)17(21)20(16)18/h4-7,9-10,13H,2,8,11,18H2,1,3H3/b5-4+. The summed E-state index contributed by atoms with van der Waals surface area (Å²) in [5, 5.41) is 0.545. The van der Waals surface area contributed by atoms with Gasteiger partial charge in [0.1, 0.15) is 5.82 Å². The van der Waals surface area contributed by atoms with E-state index in [0.717, 1.165) is 18.4 Å². The van der Waals surface area contributed by atoms with Gasteiger partial charge in [-0.1, -0.05) is 29.9 Å². The second-order valence-corrected chi connectivity index (χ2v) is 5.33. The summed E-state index contributed by atoms with van der Waals surface area (Å²) in [4.78, 5) is 17.0. The number of hydrogen-bond acceptors (Lipinski definition) is 3. The van der Waals surface area contributed by atoms with E-state index in [4.69, 9.17) is 5.84 Å². The Labute approximate surface area is 124 Å². The number of nitrogens with zero attached hydrogens (tertiary/aromatic N) is 2. The zero-order valence-electron chi connectivity index (χ0n) is 12.5. The third kappa shape index (κ3) is 3.21. The van der Waals surface area contributed by atoms with Crippen LogP contribution in [0.4, 0.5) is 0 Å². The Hall–Kier alpha value is -2.36. The molecule has 4 heteroatoms. The average molecular weight is 283 g/mol. The topological polar surface area (TPSA) is 60.9 Å². The molecule has 0 aliphatic heterocycles. The smallest absolute Gasteiger partial charge is 0.279 e. The van der Waals surface area contributed by atoms with Crippen LogP contribution in [0.25, 0.3) is 10.9 Å². The number of nitrogen functional groups attached to an aromatic ring is 1. The van der Waals surface area contributed by atoms with Gasteiger partial charge in [0.2, 0.25) is 0 Å². The number of rotatable bonds is 5. The molecule has 0 aliphatic rings. The lowest BCUT2D eigenvalue weighted by atomic mass is 9.96. The highest BCUT2D eigenvalue weighted by Gasteiger charge is 2.18. The molecular formula is C17H21N3O. The van der Waals surface area contributed by atoms with Gasteiger partial charge in [0.25, 0.3) is 5.56 Å². The van der Waals surface area contributed by atoms with E-state index >= 15 is 0 Å². The Kier molecular flexibility index (Phi) is 4.58. The molecule has 1 heterocycles. The second kappa shape index (κ2) is 6.39. The lowest BCUT2D eigenvalue weighted by Gasteiger charge is -2.18. The molecule has 1 unspecified atom stereocenters. The molecule has 0 bridgehead atoms. The Bertz CT molecular complexity index is 743. The molecule has 2 aromatic rings. The van der Waals surface area contributed by atoms with E-state index in [1.807, 2.05) is 38.1 Å². The van der Waals surface area contributed by atoms with Crippen LogP contribution >= 0.6 is 0 Å². The van der Waals surface area contributed by atoms with E-state index < -0.39 is 0 Å². The third-order valence-corrected chi connectivity index (χ3v) is 3.45. The maximum Gasteiger partial charge on any atom is 0.279 e. The van der Waals surface area contributed by atoms with Crippen LogP contribution in [0, 0.1) is 0 Å². The van der Waals surface area contributed by atoms with Crippen LogP contribution in [-0.4, -0.2) is 9.66 Å². The molecule has 1 aromatic carbocycles. The molecule has 1 atom stereocenters. The highest BCUT2D eigenvalue weighted by molar-refractivity contribution is 5.77. The van der Waals surface area contributed by atoms with Gasteiger partial charge < -0.3 is 5.84 Å². The van der Waals surface area contributed by atoms with Crippen LogP contribution in [0.2, 0.25) is 0 Å². The van der Waals surface area contributed by atoms with E-state index in [0.29, 0.717) is 16.7 Å². The van der Waals surface area contributed by atoms with Gasteiger partial charge in [-0.15, -0.1) is 6.58 Å². The van der Waals surface area contributed by atoms with E-state index in [9.17, 15) is 4.79 Å². The summed E-state index contributed by atoms with van der Waals surface area (Å²) in [6, 6.07) is 7.28. The average Bonchev–Trinajstić information content (AvgIpc) is 2.47. The summed E-state index contributed by atoms with van der Waals surface area (Å²) in [6.45, 7) is 7.91. The normalized spacial score (nSPS) is 12.9. The first-order valence-corrected chi connectivity index (χ1v) is 7.07. The summed E-state index contributed by atoms with van der Waals surface area (Å²) in [7, 11) is 0. The maximum absolute atomic E-state index is 12.4. The zero-order chi connectivity index (χ0) is 15.4. The van der Waals surface area contributed by atoms with Gasteiger partial charge in [-0.25, -0.2) is 9.66 Å². The monoisotopic (exact) mass is 283 g/mol. The molecule has 2 N–H and O–H groups in total. The Balaban J connectivity index is 2.58. The summed E-state index contributed by atoms with van der Waals surface area (Å²) in [5.74, 6) is 6.65. The fraction of sp³-hybridized carbons (Fsp3) is 0.294. The molecule has 4 nitrogen and oxygen atoms in total. The highest BCUT2D eigenvalue weighted by Crippen LogP contribution is 2.25. The van der Waals surface area contributed by atoms with Crippen molar-refractivity contribution in [2.75, 3.05) is 5.84 Å². The number of aromatic nitrogens is 2. The fourth-order valence-electron chi connectivity index (χ4n) is 2.45. The lowest BCUT2D eigenvalue weighted by molar-refractivity contribution is 0.608. The molecule has 0 saturated heterocycles. The van der Waals surface area contributed by atoms with Crippen molar-refractivity contribution in [3.63, 3.8) is 0 Å². The van der Waals surface area contributed by atoms with Gasteiger partial charge >= 0.3 is 0 Å². The summed E-state index contributed by atoms with van der Waals surface area (Å²) in [5.41, 5.74) is 1.53. The van der Waals surface area contributed by atoms with Crippen molar-refractivity contribution in [2.45, 2.75) is 32.6 Å². The molecule has 1 aromatic heterocycles. The van der Waals surface area contributed by atoms with Crippen molar-refractivity contribution in [1.82, 2.24) is 9.66 Å². The molecule has 0 spiro atoms. The van der Waals surface area contributed by atoms with Gasteiger partial charge in [-0.2, -0.15) is 0 Å². The minimum absolute atomic E-state index is 0.0565. The van der Waals surface area contributed by atoms with Crippen LogP contribution < -0.4 is 11.4 Å². The molecule has 110 valence electrons. The molecule has 0 fully saturated rings. The van der Waals surface area contributed by atoms with Crippen molar-refractivity contribution in [2.24, 2.45) is 0 Å². The molecule has 0 radical (unpaired) electrons. The van der Waals surface area contributed by atoms with Crippen LogP contribution in [0.1, 0.15) is 38.4 Å². The van der Waals surface area contributed by atoms with Crippen molar-refractivity contribution in [1.29, 1.82) is 0 Å². The van der Waals surface area contributed by atoms with Gasteiger partial charge in [0.05, 0.1) is 10.9 Å². The van der Waals surface area contributed by atoms with Gasteiger partial charge in [-0.05, 0) is 38.8 Å². The van der Waals surface area contributed by atoms with Crippen molar-refractivity contribution in [3.05, 3.63) is 64.7 Å². The zero-order valence-corrected chi connectivity index (χ0v) is 12.5. The van der Waals surface area contributed by atoms with Crippen LogP contribution in [0.3, 0.4) is 0 Å². The van der Waals surface area contributed by atoms with Crippen LogP contribution in [0.5, 0.6) is 0 Å². The summed E-state index contributed by atoms with van der Waals surface area (Å²) in [6.07, 6.45) is 5.60. The highest BCUT2D eigenvalue weighted by atomic mass is 16.1. The number of allylic oxidation sites excluding steroid dienone is 3. The minimum Gasteiger partial charge on any atom is -0.335 e. The van der Waals surface area contributed by atoms with Gasteiger partial charge in [0.15, 0.2) is 0 Å². The molecule has 0 saturated carbocycles. The third-order valence-electron chi connectivity index (χ3n) is 3.45. The largest absolute Gasteiger partial charge is 0.335 e. The first-order chi connectivity index (χ1) is 10.0. The van der Waals surface area contributed by atoms with E-state index in [1.54, 1.807) is 6.07 Å². The van der Waals surface area contributed by atoms with Crippen LogP contribution in [-0.2, 0) is 0 Å². The summed E-state index contributed by atoms with van der Waals surface area (Å²) < 4.78 is 1.18. The van der Waals surface area contributed by atoms with E-state index in [-0.39, 0.29) is 11.5 Å². The quantitative estimate of drug-likeness (QED) is 0.677. The maximum atomic E-state index is 12.4. The van der Waals surface area contributed by atoms with Gasteiger partial charge in [0, 0.05) is 5.92 Å². The van der Waals surface area contributed by atoms with Crippen molar-refractivity contribution >= 4 is 10.9 Å². The molecule has 21 heavy (non-hydrogen) atoms. The Morgan fingerprint density at radius 3 is 2.86 bits per heavy atom. The lowest BCUT2D eigenvalue weighted by Crippen LogP contribution is -2.33. The number of hydrogen-bond donors (Lipinski definition) is 1. The van der Waals surface area contributed by atoms with Crippen molar-refractivity contribution in [3.8, 4) is 0 Å². The first kappa shape index (κ1) is 15.0. The van der Waals surface area contributed by atoms with E-state index in [2.05, 4.69) is 17.6 Å². The fourth-order valence-corrected chi connectivity index (χ4v) is 2.45. The molecule has 0 amide bonds. The number of benzene rings is 1. The number of nitrogens with two attached hydrogens (primary N) is 1. The Morgan fingerprint density at radius 2 is 2.19 bits per heavy atom. The Morgan fingerprint density at radius 1 is 1.48 bits per heavy atom. The molecule has 2 rings (SSSR count). The minimum atomic E-state index is -0.206. The SMILES string of the molecule is C=C(C)CC(C/C=C/C)c1nc2ccccc2c(=O)n1N. The predicted octanol–water partition coefficient (Wildman–Crippen LogP) is 3.13. The first-order valence-electron chi connectivity index (χ1n) is 7.07. The van der Waals surface area contributed by atoms with Crippen molar-refractivity contribution < 1.29 is 0 Å². The molecule has 0 aliphatic carbocycles. The van der Waals surface area contributed by atoms with E-state index in [1.165, 1.54) is 4.68 Å².